The van der Waals surface area contributed by atoms with Crippen molar-refractivity contribution in [2.24, 2.45) is 0 Å². The summed E-state index contributed by atoms with van der Waals surface area (Å²) >= 11 is 0. The van der Waals surface area contributed by atoms with Crippen molar-refractivity contribution in [2.75, 3.05) is 0 Å². The summed E-state index contributed by atoms with van der Waals surface area (Å²) in [5, 5.41) is 0. The van der Waals surface area contributed by atoms with Crippen LogP contribution in [0.5, 0.6) is 0 Å². The lowest BCUT2D eigenvalue weighted by Crippen LogP contribution is -2.21. The number of hydrogen-bond donors (Lipinski definition) is 0. The highest BCUT2D eigenvalue weighted by Gasteiger charge is 2.29. The average molecular weight is 172 g/mol. The van der Waals surface area contributed by atoms with Gasteiger partial charge in [0.25, 0.3) is 0 Å². The standard InChI is InChI=1S/C12H12O/c1-7-10-4-2-3-8(10)5-9-6-11(13)12(7)9/h5H,2-4,6H2,1H3. The quantitative estimate of drug-likeness (QED) is 0.586. The van der Waals surface area contributed by atoms with E-state index in [9.17, 15) is 4.79 Å². The van der Waals surface area contributed by atoms with Gasteiger partial charge in [-0.15, -0.1) is 0 Å². The number of benzene rings is 1. The van der Waals surface area contributed by atoms with Crippen LogP contribution in [0.4, 0.5) is 0 Å². The predicted octanol–water partition coefficient (Wildman–Crippen LogP) is 2.22. The van der Waals surface area contributed by atoms with Crippen LogP contribution in [-0.4, -0.2) is 5.78 Å². The van der Waals surface area contributed by atoms with Gasteiger partial charge in [-0.2, -0.15) is 0 Å². The van der Waals surface area contributed by atoms with E-state index in [0.29, 0.717) is 12.2 Å². The van der Waals surface area contributed by atoms with Gasteiger partial charge in [0.15, 0.2) is 5.78 Å². The molecule has 2 aliphatic rings. The van der Waals surface area contributed by atoms with E-state index in [1.165, 1.54) is 41.5 Å². The van der Waals surface area contributed by atoms with Gasteiger partial charge in [0.05, 0.1) is 0 Å². The molecular weight excluding hydrogens is 160 g/mol. The maximum absolute atomic E-state index is 11.3. The van der Waals surface area contributed by atoms with Gasteiger partial charge in [-0.05, 0) is 48.4 Å². The molecule has 1 heteroatoms. The third kappa shape index (κ3) is 0.796. The van der Waals surface area contributed by atoms with Crippen LogP contribution < -0.4 is 0 Å². The third-order valence-electron chi connectivity index (χ3n) is 3.39. The molecule has 1 nitrogen and oxygen atoms in total. The first-order valence-corrected chi connectivity index (χ1v) is 4.95. The van der Waals surface area contributed by atoms with Crippen molar-refractivity contribution in [1.82, 2.24) is 0 Å². The number of ketones is 1. The number of Topliss-reactive ketones (excluding diaryl/α,β-unsaturated/α-hetero) is 1. The summed E-state index contributed by atoms with van der Waals surface area (Å²) in [6.07, 6.45) is 4.36. The lowest BCUT2D eigenvalue weighted by Gasteiger charge is -2.22. The molecule has 0 aliphatic heterocycles. The van der Waals surface area contributed by atoms with Crippen molar-refractivity contribution >= 4 is 5.78 Å². The molecule has 0 saturated carbocycles. The molecule has 0 atom stereocenters. The summed E-state index contributed by atoms with van der Waals surface area (Å²) in [5.41, 5.74) is 6.58. The Hall–Kier alpha value is -1.11. The molecule has 13 heavy (non-hydrogen) atoms. The summed E-state index contributed by atoms with van der Waals surface area (Å²) in [5.74, 6) is 0.349. The zero-order valence-corrected chi connectivity index (χ0v) is 7.81. The van der Waals surface area contributed by atoms with Crippen LogP contribution in [0.25, 0.3) is 0 Å². The van der Waals surface area contributed by atoms with Gasteiger partial charge in [-0.1, -0.05) is 6.07 Å². The highest BCUT2D eigenvalue weighted by atomic mass is 16.1. The smallest absolute Gasteiger partial charge is 0.167 e. The van der Waals surface area contributed by atoms with Gasteiger partial charge in [0.2, 0.25) is 0 Å². The molecule has 0 N–H and O–H groups in total. The SMILES string of the molecule is Cc1c2c(cc3c1C(=O)C3)CCC2. The fourth-order valence-electron chi connectivity index (χ4n) is 2.71. The molecule has 0 aromatic heterocycles. The van der Waals surface area contributed by atoms with E-state index in [4.69, 9.17) is 0 Å². The Kier molecular flexibility index (Phi) is 1.25. The van der Waals surface area contributed by atoms with Gasteiger partial charge >= 0.3 is 0 Å². The maximum Gasteiger partial charge on any atom is 0.167 e. The summed E-state index contributed by atoms with van der Waals surface area (Å²) < 4.78 is 0. The minimum Gasteiger partial charge on any atom is -0.294 e. The number of aryl methyl sites for hydroxylation is 1. The second-order valence-corrected chi connectivity index (χ2v) is 4.13. The second-order valence-electron chi connectivity index (χ2n) is 4.13. The molecular formula is C12H12O. The van der Waals surface area contributed by atoms with Crippen LogP contribution in [0, 0.1) is 6.92 Å². The van der Waals surface area contributed by atoms with Crippen molar-refractivity contribution in [1.29, 1.82) is 0 Å². The molecule has 3 rings (SSSR count). The van der Waals surface area contributed by atoms with Gasteiger partial charge in [0.1, 0.15) is 0 Å². The minimum atomic E-state index is 0.349. The third-order valence-corrected chi connectivity index (χ3v) is 3.39. The molecule has 0 spiro atoms. The van der Waals surface area contributed by atoms with Crippen LogP contribution in [0.1, 0.15) is 39.0 Å². The lowest BCUT2D eigenvalue weighted by atomic mass is 9.80. The largest absolute Gasteiger partial charge is 0.294 e. The number of hydrogen-bond acceptors (Lipinski definition) is 1. The number of fused-ring (bicyclic) bond motifs is 2. The van der Waals surface area contributed by atoms with E-state index < -0.39 is 0 Å². The van der Waals surface area contributed by atoms with Crippen LogP contribution >= 0.6 is 0 Å². The second kappa shape index (κ2) is 2.22. The van der Waals surface area contributed by atoms with Crippen LogP contribution in [0.3, 0.4) is 0 Å². The van der Waals surface area contributed by atoms with E-state index in [1.54, 1.807) is 0 Å². The number of carbonyl (C=O) groups excluding carboxylic acids is 1. The van der Waals surface area contributed by atoms with E-state index in [1.807, 2.05) is 0 Å². The highest BCUT2D eigenvalue weighted by molar-refractivity contribution is 6.08. The molecule has 0 saturated heterocycles. The Labute approximate surface area is 77.8 Å². The fraction of sp³-hybridized carbons (Fsp3) is 0.417. The molecule has 0 bridgehead atoms. The molecule has 0 heterocycles. The molecule has 0 amide bonds. The maximum atomic E-state index is 11.3. The van der Waals surface area contributed by atoms with Crippen LogP contribution in [-0.2, 0) is 19.3 Å². The van der Waals surface area contributed by atoms with Crippen molar-refractivity contribution in [3.8, 4) is 0 Å². The van der Waals surface area contributed by atoms with E-state index >= 15 is 0 Å². The number of carbonyl (C=O) groups is 1. The molecule has 66 valence electrons. The first kappa shape index (κ1) is 7.31. The zero-order chi connectivity index (χ0) is 9.00. The van der Waals surface area contributed by atoms with E-state index in [-0.39, 0.29) is 0 Å². The van der Waals surface area contributed by atoms with Gasteiger partial charge in [-0.25, -0.2) is 0 Å². The van der Waals surface area contributed by atoms with E-state index in [0.717, 1.165) is 5.56 Å². The van der Waals surface area contributed by atoms with Gasteiger partial charge < -0.3 is 0 Å². The van der Waals surface area contributed by atoms with E-state index in [2.05, 4.69) is 13.0 Å². The summed E-state index contributed by atoms with van der Waals surface area (Å²) in [6.45, 7) is 2.11. The normalized spacial score (nSPS) is 18.1. The molecule has 2 aliphatic carbocycles. The number of rotatable bonds is 0. The Morgan fingerprint density at radius 3 is 2.85 bits per heavy atom. The van der Waals surface area contributed by atoms with Crippen LogP contribution in [0.15, 0.2) is 6.07 Å². The highest BCUT2D eigenvalue weighted by Crippen LogP contribution is 2.35. The summed E-state index contributed by atoms with van der Waals surface area (Å²) in [6, 6.07) is 2.26. The predicted molar refractivity (Wildman–Crippen MR) is 51.2 cm³/mol. The first-order chi connectivity index (χ1) is 6.27. The van der Waals surface area contributed by atoms with Crippen LogP contribution in [0.2, 0.25) is 0 Å². The minimum absolute atomic E-state index is 0.349. The van der Waals surface area contributed by atoms with Gasteiger partial charge in [0, 0.05) is 12.0 Å². The fourth-order valence-corrected chi connectivity index (χ4v) is 2.71. The Bertz CT molecular complexity index is 416. The topological polar surface area (TPSA) is 17.1 Å². The van der Waals surface area contributed by atoms with Crippen molar-refractivity contribution in [3.63, 3.8) is 0 Å². The monoisotopic (exact) mass is 172 g/mol. The van der Waals surface area contributed by atoms with Crippen molar-refractivity contribution in [2.45, 2.75) is 32.6 Å². The van der Waals surface area contributed by atoms with Crippen molar-refractivity contribution < 1.29 is 4.79 Å². The zero-order valence-electron chi connectivity index (χ0n) is 7.81. The average Bonchev–Trinajstić information content (AvgIpc) is 2.50. The molecule has 1 aromatic carbocycles. The Morgan fingerprint density at radius 1 is 1.23 bits per heavy atom. The molecule has 0 unspecified atom stereocenters. The summed E-state index contributed by atoms with van der Waals surface area (Å²) in [4.78, 5) is 11.3. The lowest BCUT2D eigenvalue weighted by molar-refractivity contribution is 0.0967. The Morgan fingerprint density at radius 2 is 2.08 bits per heavy atom. The first-order valence-electron chi connectivity index (χ1n) is 4.95. The molecule has 0 radical (unpaired) electrons. The summed E-state index contributed by atoms with van der Waals surface area (Å²) in [7, 11) is 0. The molecule has 0 fully saturated rings. The van der Waals surface area contributed by atoms with Gasteiger partial charge in [-0.3, -0.25) is 4.79 Å². The Balaban J connectivity index is 2.31. The molecule has 1 aromatic rings. The van der Waals surface area contributed by atoms with Crippen molar-refractivity contribution in [3.05, 3.63) is 33.9 Å².